The molecule has 2 nitrogen and oxygen atoms in total. The second kappa shape index (κ2) is 4.95. The summed E-state index contributed by atoms with van der Waals surface area (Å²) in [5.74, 6) is 0. The highest BCUT2D eigenvalue weighted by Gasteiger charge is 2.12. The zero-order chi connectivity index (χ0) is 16.1. The molecule has 3 aromatic heterocycles. The third kappa shape index (κ3) is 2.06. The van der Waals surface area contributed by atoms with Crippen LogP contribution >= 0.6 is 0 Å². The summed E-state index contributed by atoms with van der Waals surface area (Å²) < 4.78 is 2.27. The van der Waals surface area contributed by atoms with Crippen molar-refractivity contribution >= 4 is 16.3 Å². The van der Waals surface area contributed by atoms with Crippen molar-refractivity contribution in [3.05, 3.63) is 71.2 Å². The molecule has 0 atom stereocenters. The van der Waals surface area contributed by atoms with Gasteiger partial charge in [-0.05, 0) is 74.7 Å². The van der Waals surface area contributed by atoms with Crippen molar-refractivity contribution in [2.24, 2.45) is 0 Å². The van der Waals surface area contributed by atoms with Crippen LogP contribution in [0, 0.1) is 27.7 Å². The van der Waals surface area contributed by atoms with E-state index >= 15 is 0 Å². The van der Waals surface area contributed by atoms with E-state index in [1.165, 1.54) is 44.2 Å². The quantitative estimate of drug-likeness (QED) is 0.461. The number of aromatic nitrogens is 2. The average Bonchev–Trinajstić information content (AvgIpc) is 2.82. The molecule has 0 aliphatic carbocycles. The highest BCUT2D eigenvalue weighted by Crippen LogP contribution is 2.33. The highest BCUT2D eigenvalue weighted by molar-refractivity contribution is 6.02. The minimum atomic E-state index is 1.06. The second-order valence-corrected chi connectivity index (χ2v) is 6.41. The molecule has 0 radical (unpaired) electrons. The zero-order valence-corrected chi connectivity index (χ0v) is 14.0. The lowest BCUT2D eigenvalue weighted by Gasteiger charge is -2.08. The van der Waals surface area contributed by atoms with Gasteiger partial charge >= 0.3 is 0 Å². The van der Waals surface area contributed by atoms with Crippen LogP contribution in [0.15, 0.2) is 48.8 Å². The summed E-state index contributed by atoms with van der Waals surface area (Å²) in [5.41, 5.74) is 8.61. The predicted octanol–water partition coefficient (Wildman–Crippen LogP) is 5.39. The maximum atomic E-state index is 4.66. The first-order chi connectivity index (χ1) is 11.1. The molecule has 0 aliphatic rings. The number of fused-ring (bicyclic) bond motifs is 3. The summed E-state index contributed by atoms with van der Waals surface area (Å²) >= 11 is 0. The Labute approximate surface area is 136 Å². The molecule has 0 amide bonds. The zero-order valence-electron chi connectivity index (χ0n) is 14.0. The monoisotopic (exact) mass is 300 g/mol. The van der Waals surface area contributed by atoms with Crippen molar-refractivity contribution in [1.29, 1.82) is 0 Å². The maximum absolute atomic E-state index is 4.66. The van der Waals surface area contributed by atoms with Gasteiger partial charge in [0.05, 0.1) is 11.2 Å². The molecule has 0 fully saturated rings. The van der Waals surface area contributed by atoms with E-state index in [0.717, 1.165) is 5.69 Å². The minimum Gasteiger partial charge on any atom is -0.320 e. The Hall–Kier alpha value is -2.61. The van der Waals surface area contributed by atoms with Gasteiger partial charge in [-0.1, -0.05) is 6.07 Å². The van der Waals surface area contributed by atoms with Gasteiger partial charge in [-0.25, -0.2) is 0 Å². The smallest absolute Gasteiger partial charge is 0.0707 e. The molecule has 0 N–H and O–H groups in total. The van der Waals surface area contributed by atoms with Gasteiger partial charge in [0.25, 0.3) is 0 Å². The van der Waals surface area contributed by atoms with Crippen molar-refractivity contribution < 1.29 is 0 Å². The first-order valence-electron chi connectivity index (χ1n) is 8.00. The third-order valence-electron chi connectivity index (χ3n) is 4.90. The molecule has 2 heteroatoms. The number of benzene rings is 1. The maximum Gasteiger partial charge on any atom is 0.0707 e. The Morgan fingerprint density at radius 2 is 1.65 bits per heavy atom. The molecular formula is C21H20N2. The van der Waals surface area contributed by atoms with Gasteiger partial charge in [-0.3, -0.25) is 4.98 Å². The molecule has 23 heavy (non-hydrogen) atoms. The Kier molecular flexibility index (Phi) is 3.02. The van der Waals surface area contributed by atoms with E-state index in [1.54, 1.807) is 0 Å². The third-order valence-corrected chi connectivity index (χ3v) is 4.90. The topological polar surface area (TPSA) is 17.3 Å². The number of hydrogen-bond acceptors (Lipinski definition) is 1. The number of pyridine rings is 2. The molecule has 114 valence electrons. The molecule has 0 unspecified atom stereocenters. The fourth-order valence-electron chi connectivity index (χ4n) is 3.35. The van der Waals surface area contributed by atoms with Gasteiger partial charge in [0.15, 0.2) is 0 Å². The summed E-state index contributed by atoms with van der Waals surface area (Å²) in [4.78, 5) is 4.66. The fourth-order valence-corrected chi connectivity index (χ4v) is 3.35. The second-order valence-electron chi connectivity index (χ2n) is 6.41. The van der Waals surface area contributed by atoms with Crippen molar-refractivity contribution in [2.75, 3.05) is 0 Å². The number of rotatable bonds is 1. The lowest BCUT2D eigenvalue weighted by atomic mass is 9.99. The van der Waals surface area contributed by atoms with Crippen LogP contribution in [0.5, 0.6) is 0 Å². The van der Waals surface area contributed by atoms with Crippen LogP contribution in [0.2, 0.25) is 0 Å². The highest BCUT2D eigenvalue weighted by atomic mass is 14.9. The number of nitrogens with zero attached hydrogens (tertiary/aromatic N) is 2. The van der Waals surface area contributed by atoms with E-state index in [4.69, 9.17) is 0 Å². The standard InChI is InChI=1S/C21H20N2/c1-13-10-20(22-12-15(13)3)17-11-19-18(9-14(17)2)16(4)23-8-6-5-7-21(19)23/h5-12H,1-4H3. The molecule has 4 aromatic rings. The van der Waals surface area contributed by atoms with Gasteiger partial charge < -0.3 is 4.40 Å². The first kappa shape index (κ1) is 14.0. The van der Waals surface area contributed by atoms with Gasteiger partial charge in [-0.2, -0.15) is 0 Å². The minimum absolute atomic E-state index is 1.06. The molecule has 4 rings (SSSR count). The van der Waals surface area contributed by atoms with E-state index < -0.39 is 0 Å². The van der Waals surface area contributed by atoms with Crippen LogP contribution in [0.4, 0.5) is 0 Å². The Bertz CT molecular complexity index is 1050. The number of hydrogen-bond donors (Lipinski definition) is 0. The normalized spacial score (nSPS) is 11.5. The fraction of sp³-hybridized carbons (Fsp3) is 0.190. The van der Waals surface area contributed by atoms with Crippen LogP contribution in [0.25, 0.3) is 27.5 Å². The summed E-state index contributed by atoms with van der Waals surface area (Å²) in [7, 11) is 0. The molecule has 1 aromatic carbocycles. The first-order valence-corrected chi connectivity index (χ1v) is 8.00. The van der Waals surface area contributed by atoms with E-state index in [1.807, 2.05) is 6.20 Å². The summed E-state index contributed by atoms with van der Waals surface area (Å²) in [6.07, 6.45) is 4.10. The molecule has 3 heterocycles. The van der Waals surface area contributed by atoms with E-state index in [2.05, 4.69) is 79.7 Å². The van der Waals surface area contributed by atoms with Crippen molar-refractivity contribution in [2.45, 2.75) is 27.7 Å². The van der Waals surface area contributed by atoms with Crippen LogP contribution in [-0.2, 0) is 0 Å². The van der Waals surface area contributed by atoms with Crippen LogP contribution in [0.3, 0.4) is 0 Å². The Morgan fingerprint density at radius 1 is 0.826 bits per heavy atom. The summed E-state index contributed by atoms with van der Waals surface area (Å²) in [6.45, 7) is 8.61. The molecule has 0 saturated carbocycles. The average molecular weight is 300 g/mol. The van der Waals surface area contributed by atoms with Gasteiger partial charge in [0.1, 0.15) is 0 Å². The van der Waals surface area contributed by atoms with Crippen LogP contribution in [0.1, 0.15) is 22.4 Å². The van der Waals surface area contributed by atoms with Gasteiger partial charge in [0.2, 0.25) is 0 Å². The lowest BCUT2D eigenvalue weighted by molar-refractivity contribution is 1.12. The molecule has 0 saturated heterocycles. The van der Waals surface area contributed by atoms with Gasteiger partial charge in [0, 0.05) is 34.4 Å². The van der Waals surface area contributed by atoms with Crippen LogP contribution < -0.4 is 0 Å². The van der Waals surface area contributed by atoms with Gasteiger partial charge in [-0.15, -0.1) is 0 Å². The Morgan fingerprint density at radius 3 is 2.43 bits per heavy atom. The van der Waals surface area contributed by atoms with E-state index in [0.29, 0.717) is 0 Å². The lowest BCUT2D eigenvalue weighted by Crippen LogP contribution is -1.91. The summed E-state index contributed by atoms with van der Waals surface area (Å²) in [5, 5.41) is 2.62. The van der Waals surface area contributed by atoms with Crippen molar-refractivity contribution in [1.82, 2.24) is 9.38 Å². The SMILES string of the molecule is Cc1cnc(-c2cc3c(cc2C)c(C)n2ccccc32)cc1C. The van der Waals surface area contributed by atoms with Crippen molar-refractivity contribution in [3.63, 3.8) is 0 Å². The largest absolute Gasteiger partial charge is 0.320 e. The number of aryl methyl sites for hydroxylation is 4. The molecule has 0 bridgehead atoms. The summed E-state index contributed by atoms with van der Waals surface area (Å²) in [6, 6.07) is 13.1. The molecule has 0 aliphatic heterocycles. The molecule has 0 spiro atoms. The van der Waals surface area contributed by atoms with E-state index in [-0.39, 0.29) is 0 Å². The van der Waals surface area contributed by atoms with E-state index in [9.17, 15) is 0 Å². The van der Waals surface area contributed by atoms with Crippen LogP contribution in [-0.4, -0.2) is 9.38 Å². The molecular weight excluding hydrogens is 280 g/mol. The predicted molar refractivity (Wildman–Crippen MR) is 97.1 cm³/mol. The van der Waals surface area contributed by atoms with Crippen molar-refractivity contribution in [3.8, 4) is 11.3 Å². The Balaban J connectivity index is 2.06.